The van der Waals surface area contributed by atoms with Crippen molar-refractivity contribution in [3.05, 3.63) is 70.8 Å². The van der Waals surface area contributed by atoms with Gasteiger partial charge in [0.1, 0.15) is 0 Å². The number of nitrogens with one attached hydrogen (secondary N) is 1. The second kappa shape index (κ2) is 7.50. The smallest absolute Gasteiger partial charge is 0.0448 e. The Morgan fingerprint density at radius 3 is 2.54 bits per heavy atom. The molecule has 0 amide bonds. The summed E-state index contributed by atoms with van der Waals surface area (Å²) in [5.74, 6) is 0.269. The first-order chi connectivity index (χ1) is 11.7. The lowest BCUT2D eigenvalue weighted by atomic mass is 9.68. The summed E-state index contributed by atoms with van der Waals surface area (Å²) >= 11 is 0. The number of benzene rings is 2. The van der Waals surface area contributed by atoms with Crippen LogP contribution in [0, 0.1) is 13.8 Å². The van der Waals surface area contributed by atoms with E-state index in [1.807, 2.05) is 0 Å². The van der Waals surface area contributed by atoms with Crippen LogP contribution in [0.5, 0.6) is 0 Å². The first-order valence-corrected chi connectivity index (χ1v) is 9.14. The number of aliphatic hydroxyl groups excluding tert-OH is 1. The molecule has 0 spiro atoms. The highest BCUT2D eigenvalue weighted by molar-refractivity contribution is 5.43. The number of aryl methyl sites for hydroxylation is 2. The van der Waals surface area contributed by atoms with Crippen LogP contribution in [0.15, 0.2) is 48.5 Å². The first-order valence-electron chi connectivity index (χ1n) is 9.14. The predicted octanol–water partition coefficient (Wildman–Crippen LogP) is 4.33. The van der Waals surface area contributed by atoms with Crippen LogP contribution in [0.25, 0.3) is 0 Å². The Balaban J connectivity index is 2.16. The Morgan fingerprint density at radius 1 is 1.08 bits per heavy atom. The van der Waals surface area contributed by atoms with Crippen molar-refractivity contribution in [3.8, 4) is 0 Å². The maximum absolute atomic E-state index is 9.81. The topological polar surface area (TPSA) is 32.3 Å². The van der Waals surface area contributed by atoms with Crippen molar-refractivity contribution >= 4 is 0 Å². The highest BCUT2D eigenvalue weighted by atomic mass is 16.3. The van der Waals surface area contributed by atoms with Gasteiger partial charge in [-0.3, -0.25) is 0 Å². The molecule has 2 heteroatoms. The van der Waals surface area contributed by atoms with Gasteiger partial charge in [0.2, 0.25) is 0 Å². The SMILES string of the molecule is Cc1ccc(C)c(C(c2ccccc2)C2(CCO)CCCCN2)c1. The van der Waals surface area contributed by atoms with Crippen LogP contribution in [-0.4, -0.2) is 23.8 Å². The molecular formula is C22H29NO. The predicted molar refractivity (Wildman–Crippen MR) is 100 cm³/mol. The van der Waals surface area contributed by atoms with E-state index in [4.69, 9.17) is 0 Å². The van der Waals surface area contributed by atoms with Crippen molar-refractivity contribution in [2.75, 3.05) is 13.2 Å². The van der Waals surface area contributed by atoms with Gasteiger partial charge in [0.25, 0.3) is 0 Å². The lowest BCUT2D eigenvalue weighted by Gasteiger charge is -2.45. The normalized spacial score (nSPS) is 22.3. The molecule has 1 saturated heterocycles. The third kappa shape index (κ3) is 3.40. The Labute approximate surface area is 145 Å². The second-order valence-corrected chi connectivity index (χ2v) is 7.22. The maximum atomic E-state index is 9.81. The van der Waals surface area contributed by atoms with E-state index in [0.29, 0.717) is 0 Å². The molecule has 1 fully saturated rings. The van der Waals surface area contributed by atoms with Gasteiger partial charge >= 0.3 is 0 Å². The van der Waals surface area contributed by atoms with Crippen molar-refractivity contribution in [3.63, 3.8) is 0 Å². The molecular weight excluding hydrogens is 294 g/mol. The maximum Gasteiger partial charge on any atom is 0.0448 e. The molecule has 1 aliphatic heterocycles. The molecule has 0 bridgehead atoms. The molecule has 2 aromatic carbocycles. The highest BCUT2D eigenvalue weighted by Gasteiger charge is 2.41. The number of hydrogen-bond donors (Lipinski definition) is 2. The molecule has 24 heavy (non-hydrogen) atoms. The largest absolute Gasteiger partial charge is 0.396 e. The molecule has 2 atom stereocenters. The van der Waals surface area contributed by atoms with E-state index in [-0.39, 0.29) is 18.1 Å². The lowest BCUT2D eigenvalue weighted by Crippen LogP contribution is -2.54. The summed E-state index contributed by atoms with van der Waals surface area (Å²) in [7, 11) is 0. The lowest BCUT2D eigenvalue weighted by molar-refractivity contribution is 0.161. The summed E-state index contributed by atoms with van der Waals surface area (Å²) in [6.07, 6.45) is 4.35. The molecule has 2 N–H and O–H groups in total. The van der Waals surface area contributed by atoms with Crippen molar-refractivity contribution in [1.82, 2.24) is 5.32 Å². The monoisotopic (exact) mass is 323 g/mol. The Bertz CT molecular complexity index is 653. The van der Waals surface area contributed by atoms with E-state index in [2.05, 4.69) is 67.7 Å². The van der Waals surface area contributed by atoms with Gasteiger partial charge in [0.15, 0.2) is 0 Å². The minimum absolute atomic E-state index is 0.0626. The number of aliphatic hydroxyl groups is 1. The summed E-state index contributed by atoms with van der Waals surface area (Å²) in [5, 5.41) is 13.6. The summed E-state index contributed by atoms with van der Waals surface area (Å²) in [5.41, 5.74) is 5.30. The summed E-state index contributed by atoms with van der Waals surface area (Å²) in [6.45, 7) is 5.63. The fourth-order valence-electron chi connectivity index (χ4n) is 4.31. The summed E-state index contributed by atoms with van der Waals surface area (Å²) in [6, 6.07) is 17.6. The highest BCUT2D eigenvalue weighted by Crippen LogP contribution is 2.43. The fourth-order valence-corrected chi connectivity index (χ4v) is 4.31. The van der Waals surface area contributed by atoms with Crippen LogP contribution >= 0.6 is 0 Å². The van der Waals surface area contributed by atoms with Gasteiger partial charge in [-0.2, -0.15) is 0 Å². The number of piperidine rings is 1. The number of rotatable bonds is 5. The van der Waals surface area contributed by atoms with Crippen LogP contribution in [-0.2, 0) is 0 Å². The third-order valence-corrected chi connectivity index (χ3v) is 5.52. The number of hydrogen-bond acceptors (Lipinski definition) is 2. The van der Waals surface area contributed by atoms with Crippen LogP contribution in [0.3, 0.4) is 0 Å². The Hall–Kier alpha value is -1.64. The molecule has 0 aliphatic carbocycles. The summed E-state index contributed by atoms with van der Waals surface area (Å²) in [4.78, 5) is 0. The first kappa shape index (κ1) is 17.2. The van der Waals surface area contributed by atoms with E-state index in [9.17, 15) is 5.11 Å². The van der Waals surface area contributed by atoms with Gasteiger partial charge in [-0.25, -0.2) is 0 Å². The Kier molecular flexibility index (Phi) is 5.37. The van der Waals surface area contributed by atoms with Crippen molar-refractivity contribution in [2.45, 2.75) is 51.0 Å². The van der Waals surface area contributed by atoms with Gasteiger partial charge in [-0.1, -0.05) is 60.5 Å². The minimum atomic E-state index is -0.0626. The van der Waals surface area contributed by atoms with E-state index in [0.717, 1.165) is 19.4 Å². The second-order valence-electron chi connectivity index (χ2n) is 7.22. The van der Waals surface area contributed by atoms with Gasteiger partial charge < -0.3 is 10.4 Å². The minimum Gasteiger partial charge on any atom is -0.396 e. The molecule has 0 saturated carbocycles. The molecule has 2 nitrogen and oxygen atoms in total. The molecule has 1 heterocycles. The zero-order valence-electron chi connectivity index (χ0n) is 14.9. The van der Waals surface area contributed by atoms with Crippen LogP contribution < -0.4 is 5.32 Å². The molecule has 1 aliphatic rings. The van der Waals surface area contributed by atoms with Gasteiger partial charge in [-0.05, 0) is 56.3 Å². The average Bonchev–Trinajstić information content (AvgIpc) is 2.60. The van der Waals surface area contributed by atoms with E-state index in [1.54, 1.807) is 0 Å². The molecule has 3 rings (SSSR count). The van der Waals surface area contributed by atoms with E-state index >= 15 is 0 Å². The molecule has 128 valence electrons. The van der Waals surface area contributed by atoms with E-state index in [1.165, 1.54) is 35.1 Å². The fraction of sp³-hybridized carbons (Fsp3) is 0.455. The zero-order chi connectivity index (χ0) is 17.0. The van der Waals surface area contributed by atoms with Gasteiger partial charge in [0, 0.05) is 18.1 Å². The van der Waals surface area contributed by atoms with Crippen molar-refractivity contribution in [2.24, 2.45) is 0 Å². The van der Waals surface area contributed by atoms with E-state index < -0.39 is 0 Å². The molecule has 0 radical (unpaired) electrons. The van der Waals surface area contributed by atoms with Gasteiger partial charge in [-0.15, -0.1) is 0 Å². The average molecular weight is 323 g/mol. The van der Waals surface area contributed by atoms with Crippen LogP contribution in [0.1, 0.15) is 53.9 Å². The summed E-state index contributed by atoms with van der Waals surface area (Å²) < 4.78 is 0. The zero-order valence-corrected chi connectivity index (χ0v) is 14.9. The van der Waals surface area contributed by atoms with Crippen LogP contribution in [0.2, 0.25) is 0 Å². The standard InChI is InChI=1S/C22H29NO/c1-17-10-11-18(2)20(16-17)21(19-8-4-3-5-9-19)22(13-15-24)12-6-7-14-23-22/h3-5,8-11,16,21,23-24H,6-7,12-15H2,1-2H3. The Morgan fingerprint density at radius 2 is 1.88 bits per heavy atom. The van der Waals surface area contributed by atoms with Gasteiger partial charge in [0.05, 0.1) is 0 Å². The molecule has 2 unspecified atom stereocenters. The van der Waals surface area contributed by atoms with Crippen molar-refractivity contribution < 1.29 is 5.11 Å². The molecule has 0 aromatic heterocycles. The third-order valence-electron chi connectivity index (χ3n) is 5.52. The van der Waals surface area contributed by atoms with Crippen molar-refractivity contribution in [1.29, 1.82) is 0 Å². The quantitative estimate of drug-likeness (QED) is 0.858. The van der Waals surface area contributed by atoms with Crippen LogP contribution in [0.4, 0.5) is 0 Å². The molecule has 2 aromatic rings.